The lowest BCUT2D eigenvalue weighted by Gasteiger charge is -2.36. The zero-order valence-electron chi connectivity index (χ0n) is 17.1. The number of Topliss-reactive ketones (excluding diaryl/α,β-unsaturated/α-hetero) is 1. The first kappa shape index (κ1) is 20.0. The molecule has 30 heavy (non-hydrogen) atoms. The van der Waals surface area contributed by atoms with Gasteiger partial charge in [-0.1, -0.05) is 42.5 Å². The molecule has 154 valence electrons. The second-order valence-corrected chi connectivity index (χ2v) is 7.74. The summed E-state index contributed by atoms with van der Waals surface area (Å²) in [7, 11) is 0. The van der Waals surface area contributed by atoms with Crippen molar-refractivity contribution < 1.29 is 19.4 Å². The van der Waals surface area contributed by atoms with E-state index in [9.17, 15) is 14.7 Å². The maximum Gasteiger partial charge on any atom is 0.336 e. The number of ether oxygens (including phenoxy) is 1. The summed E-state index contributed by atoms with van der Waals surface area (Å²) in [5.74, 6) is -0.802. The fourth-order valence-corrected chi connectivity index (χ4v) is 4.52. The third-order valence-electron chi connectivity index (χ3n) is 5.80. The van der Waals surface area contributed by atoms with E-state index in [1.165, 1.54) is 0 Å². The van der Waals surface area contributed by atoms with E-state index in [1.807, 2.05) is 43.3 Å². The summed E-state index contributed by atoms with van der Waals surface area (Å²) in [5.41, 5.74) is 4.39. The Morgan fingerprint density at radius 1 is 1.10 bits per heavy atom. The quantitative estimate of drug-likeness (QED) is 0.744. The van der Waals surface area contributed by atoms with Crippen molar-refractivity contribution >= 4 is 11.8 Å². The Morgan fingerprint density at radius 2 is 1.83 bits per heavy atom. The molecular weight excluding hydrogens is 378 g/mol. The van der Waals surface area contributed by atoms with Gasteiger partial charge in [-0.2, -0.15) is 0 Å². The van der Waals surface area contributed by atoms with Gasteiger partial charge in [-0.3, -0.25) is 4.79 Å². The van der Waals surface area contributed by atoms with Gasteiger partial charge in [0.25, 0.3) is 0 Å². The van der Waals surface area contributed by atoms with Gasteiger partial charge in [-0.05, 0) is 49.4 Å². The molecule has 1 heterocycles. The fourth-order valence-electron chi connectivity index (χ4n) is 4.52. The number of carbonyl (C=O) groups excluding carboxylic acids is 2. The number of carbonyl (C=O) groups is 2. The monoisotopic (exact) mass is 403 g/mol. The van der Waals surface area contributed by atoms with Gasteiger partial charge < -0.3 is 15.2 Å². The summed E-state index contributed by atoms with van der Waals surface area (Å²) in [5, 5.41) is 13.4. The van der Waals surface area contributed by atoms with Crippen molar-refractivity contribution in [2.75, 3.05) is 6.61 Å². The number of phenolic OH excluding ortho intramolecular Hbond substituents is 1. The fraction of sp³-hybridized carbons (Fsp3) is 0.280. The van der Waals surface area contributed by atoms with E-state index in [4.69, 9.17) is 4.74 Å². The molecule has 0 radical (unpaired) electrons. The summed E-state index contributed by atoms with van der Waals surface area (Å²) < 4.78 is 5.31. The van der Waals surface area contributed by atoms with Crippen molar-refractivity contribution in [2.24, 2.45) is 0 Å². The summed E-state index contributed by atoms with van der Waals surface area (Å²) in [6.07, 6.45) is 1.07. The van der Waals surface area contributed by atoms with Crippen molar-refractivity contribution in [3.8, 4) is 5.75 Å². The molecule has 0 amide bonds. The lowest BCUT2D eigenvalue weighted by atomic mass is 9.71. The molecule has 4 rings (SSSR count). The molecule has 0 spiro atoms. The lowest BCUT2D eigenvalue weighted by Crippen LogP contribution is -2.36. The smallest absolute Gasteiger partial charge is 0.336 e. The van der Waals surface area contributed by atoms with Gasteiger partial charge in [0, 0.05) is 29.3 Å². The number of dihydropyridines is 1. The number of hydrogen-bond acceptors (Lipinski definition) is 5. The molecule has 2 aromatic carbocycles. The van der Waals surface area contributed by atoms with E-state index >= 15 is 0 Å². The Labute approximate surface area is 176 Å². The van der Waals surface area contributed by atoms with Crippen LogP contribution in [0.3, 0.4) is 0 Å². The molecule has 0 bridgehead atoms. The van der Waals surface area contributed by atoms with Crippen LogP contribution in [0.5, 0.6) is 5.75 Å². The van der Waals surface area contributed by atoms with Crippen LogP contribution in [0, 0.1) is 0 Å². The number of nitrogens with one attached hydrogen (secondary N) is 1. The van der Waals surface area contributed by atoms with Crippen molar-refractivity contribution in [1.82, 2.24) is 5.32 Å². The van der Waals surface area contributed by atoms with Crippen LogP contribution in [0.15, 0.2) is 77.1 Å². The number of ketones is 1. The molecule has 5 heteroatoms. The molecule has 0 fully saturated rings. The van der Waals surface area contributed by atoms with Gasteiger partial charge in [0.1, 0.15) is 5.75 Å². The predicted molar refractivity (Wildman–Crippen MR) is 114 cm³/mol. The maximum absolute atomic E-state index is 13.4. The molecule has 1 aliphatic carbocycles. The van der Waals surface area contributed by atoms with Crippen LogP contribution in [0.2, 0.25) is 0 Å². The third-order valence-corrected chi connectivity index (χ3v) is 5.80. The number of aromatic hydroxyl groups is 1. The van der Waals surface area contributed by atoms with Crippen molar-refractivity contribution in [3.63, 3.8) is 0 Å². The standard InChI is InChI=1S/C25H25NO4/c1-3-30-25(29)22-15(2)26-20-13-18(16-8-5-4-6-9-16)14-21(28)24(20)23(22)17-10-7-11-19(27)12-17/h4-12,18,23,26-27H,3,13-14H2,1-2H3/t18-,23+/m0/s1. The lowest BCUT2D eigenvalue weighted by molar-refractivity contribution is -0.138. The highest BCUT2D eigenvalue weighted by Crippen LogP contribution is 2.46. The first-order chi connectivity index (χ1) is 14.5. The van der Waals surface area contributed by atoms with Gasteiger partial charge in [0.05, 0.1) is 12.2 Å². The van der Waals surface area contributed by atoms with E-state index in [1.54, 1.807) is 25.1 Å². The molecule has 2 atom stereocenters. The van der Waals surface area contributed by atoms with Gasteiger partial charge in [0.15, 0.2) is 5.78 Å². The molecule has 0 saturated heterocycles. The number of esters is 1. The second-order valence-electron chi connectivity index (χ2n) is 7.74. The molecule has 2 N–H and O–H groups in total. The minimum atomic E-state index is -0.559. The minimum absolute atomic E-state index is 0.0141. The average Bonchev–Trinajstić information content (AvgIpc) is 2.73. The number of benzene rings is 2. The maximum atomic E-state index is 13.4. The summed E-state index contributed by atoms with van der Waals surface area (Å²) in [4.78, 5) is 26.2. The molecule has 0 unspecified atom stereocenters. The van der Waals surface area contributed by atoms with Crippen molar-refractivity contribution in [3.05, 3.63) is 88.3 Å². The highest BCUT2D eigenvalue weighted by atomic mass is 16.5. The van der Waals surface area contributed by atoms with Gasteiger partial charge >= 0.3 is 5.97 Å². The number of rotatable bonds is 4. The molecule has 5 nitrogen and oxygen atoms in total. The Kier molecular flexibility index (Phi) is 5.44. The van der Waals surface area contributed by atoms with Crippen molar-refractivity contribution in [1.29, 1.82) is 0 Å². The first-order valence-corrected chi connectivity index (χ1v) is 10.2. The van der Waals surface area contributed by atoms with Crippen LogP contribution in [0.4, 0.5) is 0 Å². The number of phenols is 1. The van der Waals surface area contributed by atoms with Gasteiger partial charge in [-0.15, -0.1) is 0 Å². The SMILES string of the molecule is CCOC(=O)C1=C(C)NC2=C(C(=O)C[C@@H](c3ccccc3)C2)[C@@H]1c1cccc(O)c1. The molecular formula is C25H25NO4. The van der Waals surface area contributed by atoms with E-state index in [0.717, 1.165) is 11.3 Å². The van der Waals surface area contributed by atoms with E-state index < -0.39 is 11.9 Å². The highest BCUT2D eigenvalue weighted by molar-refractivity contribution is 6.04. The molecule has 1 aliphatic heterocycles. The van der Waals surface area contributed by atoms with Crippen LogP contribution in [0.25, 0.3) is 0 Å². The number of hydrogen-bond donors (Lipinski definition) is 2. The van der Waals surface area contributed by atoms with E-state index in [2.05, 4.69) is 5.32 Å². The van der Waals surface area contributed by atoms with Crippen LogP contribution < -0.4 is 5.32 Å². The van der Waals surface area contributed by atoms with E-state index in [-0.39, 0.29) is 24.1 Å². The van der Waals surface area contributed by atoms with Crippen LogP contribution >= 0.6 is 0 Å². The molecule has 2 aliphatic rings. The van der Waals surface area contributed by atoms with Crippen LogP contribution in [-0.2, 0) is 14.3 Å². The summed E-state index contributed by atoms with van der Waals surface area (Å²) in [6, 6.07) is 16.8. The zero-order valence-corrected chi connectivity index (χ0v) is 17.1. The normalized spacial score (nSPS) is 21.2. The Hall–Kier alpha value is -3.34. The predicted octanol–water partition coefficient (Wildman–Crippen LogP) is 4.32. The largest absolute Gasteiger partial charge is 0.508 e. The Balaban J connectivity index is 1.81. The third kappa shape index (κ3) is 3.63. The molecule has 0 saturated carbocycles. The summed E-state index contributed by atoms with van der Waals surface area (Å²) >= 11 is 0. The van der Waals surface area contributed by atoms with Crippen molar-refractivity contribution in [2.45, 2.75) is 38.5 Å². The zero-order chi connectivity index (χ0) is 21.3. The number of allylic oxidation sites excluding steroid dienone is 3. The minimum Gasteiger partial charge on any atom is -0.508 e. The highest BCUT2D eigenvalue weighted by Gasteiger charge is 2.41. The molecule has 2 aromatic rings. The first-order valence-electron chi connectivity index (χ1n) is 10.2. The van der Waals surface area contributed by atoms with Gasteiger partial charge in [0.2, 0.25) is 0 Å². The molecule has 0 aromatic heterocycles. The van der Waals surface area contributed by atoms with Crippen LogP contribution in [-0.4, -0.2) is 23.5 Å². The average molecular weight is 403 g/mol. The Morgan fingerprint density at radius 3 is 2.53 bits per heavy atom. The summed E-state index contributed by atoms with van der Waals surface area (Å²) in [6.45, 7) is 3.84. The van der Waals surface area contributed by atoms with Gasteiger partial charge in [-0.25, -0.2) is 4.79 Å². The Bertz CT molecular complexity index is 1050. The van der Waals surface area contributed by atoms with E-state index in [0.29, 0.717) is 35.2 Å². The second kappa shape index (κ2) is 8.19. The topological polar surface area (TPSA) is 75.6 Å². The van der Waals surface area contributed by atoms with Crippen LogP contribution in [0.1, 0.15) is 49.7 Å².